The van der Waals surface area contributed by atoms with E-state index >= 15 is 0 Å². The molecule has 51 heavy (non-hydrogen) atoms. The smallest absolute Gasteiger partial charge is 1.00 e. The van der Waals surface area contributed by atoms with E-state index in [9.17, 15) is 0 Å². The normalized spacial score (nSPS) is 40.9. The molecule has 6 aliphatic carbocycles. The quantitative estimate of drug-likeness (QED) is 0.326. The SMILES string of the molecule is CC1=CC=CC2[CH](/[Zr+2]([C]3=CC=CC3)=[C](\c3ccccc3)c3ccc(Cl)cc3)C3(C)C4(C)C=CC=CC4(C)C4(C)C=CC=CC4(C)C3(C)C12C.[Cl-].[Cl-]. The van der Waals surface area contributed by atoms with Gasteiger partial charge in [-0.15, -0.1) is 0 Å². The molecule has 0 nitrogen and oxygen atoms in total. The second-order valence-electron chi connectivity index (χ2n) is 17.0. The summed E-state index contributed by atoms with van der Waals surface area (Å²) in [6.45, 7) is 21.2. The average Bonchev–Trinajstić information content (AvgIpc) is 3.68. The zero-order chi connectivity index (χ0) is 34.7. The molecule has 0 N–H and O–H groups in total. The minimum atomic E-state index is -2.96. The van der Waals surface area contributed by atoms with E-state index in [1.165, 1.54) is 11.1 Å². The minimum Gasteiger partial charge on any atom is -1.00 e. The first kappa shape index (κ1) is 38.7. The molecule has 0 radical (unpaired) electrons. The van der Waals surface area contributed by atoms with Crippen LogP contribution in [0.2, 0.25) is 8.65 Å². The minimum absolute atomic E-state index is 0. The van der Waals surface area contributed by atoms with Gasteiger partial charge < -0.3 is 24.8 Å². The van der Waals surface area contributed by atoms with Gasteiger partial charge in [0.05, 0.1) is 0 Å². The third-order valence-electron chi connectivity index (χ3n) is 16.4. The van der Waals surface area contributed by atoms with Crippen molar-refractivity contribution in [1.29, 1.82) is 0 Å². The van der Waals surface area contributed by atoms with Crippen molar-refractivity contribution in [2.45, 2.75) is 65.4 Å². The van der Waals surface area contributed by atoms with E-state index in [1.807, 2.05) is 0 Å². The third kappa shape index (κ3) is 4.39. The summed E-state index contributed by atoms with van der Waals surface area (Å²) in [6, 6.07) is 20.3. The van der Waals surface area contributed by atoms with Gasteiger partial charge in [-0.05, 0) is 0 Å². The van der Waals surface area contributed by atoms with Crippen LogP contribution < -0.4 is 24.8 Å². The molecule has 0 aliphatic heterocycles. The zero-order valence-corrected chi connectivity index (χ0v) is 36.0. The molecule has 4 heteroatoms. The summed E-state index contributed by atoms with van der Waals surface area (Å²) < 4.78 is 3.81. The summed E-state index contributed by atoms with van der Waals surface area (Å²) >= 11 is 3.64. The van der Waals surface area contributed by atoms with Crippen LogP contribution in [0.1, 0.15) is 72.9 Å². The molecule has 0 bridgehead atoms. The second-order valence-corrected chi connectivity index (χ2v) is 23.8. The van der Waals surface area contributed by atoms with Gasteiger partial charge in [0.2, 0.25) is 0 Å². The third-order valence-corrected chi connectivity index (χ3v) is 25.8. The predicted molar refractivity (Wildman–Crippen MR) is 206 cm³/mol. The van der Waals surface area contributed by atoms with E-state index in [4.69, 9.17) is 11.6 Å². The first-order chi connectivity index (χ1) is 23.3. The van der Waals surface area contributed by atoms with E-state index in [0.29, 0.717) is 9.54 Å². The Balaban J connectivity index is 0.00000224. The molecule has 2 saturated carbocycles. The molecule has 264 valence electrons. The molecule has 0 aromatic heterocycles. The maximum atomic E-state index is 6.60. The molecule has 8 rings (SSSR count). The van der Waals surface area contributed by atoms with Crippen molar-refractivity contribution in [2.75, 3.05) is 0 Å². The number of allylic oxidation sites excluding steroid dienone is 16. The summed E-state index contributed by atoms with van der Waals surface area (Å²) in [6.07, 6.45) is 35.9. The molecule has 9 unspecified atom stereocenters. The number of hydrogen-bond donors (Lipinski definition) is 0. The first-order valence-corrected chi connectivity index (χ1v) is 22.5. The molecule has 0 amide bonds. The number of halogens is 3. The summed E-state index contributed by atoms with van der Waals surface area (Å²) in [5.41, 5.74) is 3.54. The summed E-state index contributed by atoms with van der Waals surface area (Å²) in [7, 11) is 0. The van der Waals surface area contributed by atoms with E-state index in [1.54, 1.807) is 12.1 Å². The predicted octanol–water partition coefficient (Wildman–Crippen LogP) is 6.62. The van der Waals surface area contributed by atoms with Gasteiger partial charge in [-0.25, -0.2) is 0 Å². The molecule has 2 aromatic rings. The van der Waals surface area contributed by atoms with Crippen molar-refractivity contribution in [1.82, 2.24) is 0 Å². The van der Waals surface area contributed by atoms with E-state index in [0.717, 1.165) is 11.4 Å². The molecule has 0 saturated heterocycles. The van der Waals surface area contributed by atoms with Gasteiger partial charge in [-0.2, -0.15) is 0 Å². The van der Waals surface area contributed by atoms with Crippen LogP contribution in [0.5, 0.6) is 0 Å². The van der Waals surface area contributed by atoms with Gasteiger partial charge in [0.25, 0.3) is 0 Å². The fourth-order valence-electron chi connectivity index (χ4n) is 13.1. The molecule has 0 heterocycles. The standard InChI is InChI=1S/C29H37.C13H9Cl.C5H5.2ClH.Zr/c1-21-14-13-15-22-20-27(6)25(4)18-10-9-16-23(25,2)24(3)17-11-12-19-26(24,5)29(27,8)28(21,22)7;14-13-8-6-12(7-9-13)10-11-4-2-1-3-5-11;1-2-4-5-3-1;;;/h9-20,22H,1-8H3;1-9H;1-3H,4H2;2*1H;/q;;;;;+2/p-2. The molecular formula is C47H51Cl3Zr. The second kappa shape index (κ2) is 12.8. The Morgan fingerprint density at radius 2 is 1.20 bits per heavy atom. The molecular weight excluding hydrogens is 762 g/mol. The fourth-order valence-corrected chi connectivity index (χ4v) is 24.4. The number of rotatable bonds is 4. The number of fused-ring (bicyclic) bond motifs is 8. The molecule has 2 aromatic carbocycles. The van der Waals surface area contributed by atoms with Crippen molar-refractivity contribution >= 4 is 14.8 Å². The van der Waals surface area contributed by atoms with Crippen LogP contribution >= 0.6 is 11.6 Å². The van der Waals surface area contributed by atoms with Crippen LogP contribution in [0.15, 0.2) is 149 Å². The van der Waals surface area contributed by atoms with Crippen molar-refractivity contribution < 1.29 is 46.1 Å². The van der Waals surface area contributed by atoms with Crippen LogP contribution in [-0.2, 0) is 21.3 Å². The number of hydrogen-bond acceptors (Lipinski definition) is 0. The monoisotopic (exact) mass is 810 g/mol. The maximum Gasteiger partial charge on any atom is -1.00 e. The Morgan fingerprint density at radius 3 is 1.78 bits per heavy atom. The Bertz CT molecular complexity index is 2030. The maximum absolute atomic E-state index is 6.60. The molecule has 6 aliphatic rings. The Labute approximate surface area is 332 Å². The van der Waals surface area contributed by atoms with Crippen LogP contribution in [0.4, 0.5) is 0 Å². The Hall–Kier alpha value is -2.02. The molecule has 0 spiro atoms. The largest absolute Gasteiger partial charge is 1.00 e. The van der Waals surface area contributed by atoms with Gasteiger partial charge in [-0.3, -0.25) is 0 Å². The van der Waals surface area contributed by atoms with E-state index in [-0.39, 0.29) is 62.7 Å². The Morgan fingerprint density at radius 1 is 0.647 bits per heavy atom. The summed E-state index contributed by atoms with van der Waals surface area (Å²) in [5.74, 6) is 0.397. The van der Waals surface area contributed by atoms with Gasteiger partial charge >= 0.3 is 310 Å². The number of benzene rings is 2. The summed E-state index contributed by atoms with van der Waals surface area (Å²) in [4.78, 5) is 0. The fraction of sp³-hybridized carbons (Fsp3) is 0.383. The molecule has 9 atom stereocenters. The summed E-state index contributed by atoms with van der Waals surface area (Å²) in [5, 5.41) is 0.797. The van der Waals surface area contributed by atoms with Gasteiger partial charge in [-0.1, -0.05) is 0 Å². The van der Waals surface area contributed by atoms with Crippen LogP contribution in [0.25, 0.3) is 0 Å². The van der Waals surface area contributed by atoms with Crippen molar-refractivity contribution in [3.05, 3.63) is 165 Å². The van der Waals surface area contributed by atoms with Crippen LogP contribution in [-0.4, -0.2) is 3.21 Å². The van der Waals surface area contributed by atoms with Gasteiger partial charge in [0.1, 0.15) is 0 Å². The first-order valence-electron chi connectivity index (χ1n) is 18.3. The van der Waals surface area contributed by atoms with Crippen LogP contribution in [0, 0.1) is 43.8 Å². The zero-order valence-electron chi connectivity index (χ0n) is 31.3. The van der Waals surface area contributed by atoms with E-state index < -0.39 is 21.3 Å². The Kier molecular flexibility index (Phi) is 9.71. The van der Waals surface area contributed by atoms with Crippen molar-refractivity contribution in [3.63, 3.8) is 0 Å². The molecule has 2 fully saturated rings. The topological polar surface area (TPSA) is 0 Å². The van der Waals surface area contributed by atoms with Crippen molar-refractivity contribution in [2.24, 2.45) is 43.8 Å². The van der Waals surface area contributed by atoms with Gasteiger partial charge in [0, 0.05) is 0 Å². The van der Waals surface area contributed by atoms with Crippen LogP contribution in [0.3, 0.4) is 0 Å². The average molecular weight is 814 g/mol. The van der Waals surface area contributed by atoms with Crippen molar-refractivity contribution in [3.8, 4) is 0 Å². The van der Waals surface area contributed by atoms with Gasteiger partial charge in [0.15, 0.2) is 0 Å². The van der Waals surface area contributed by atoms with E-state index in [2.05, 4.69) is 195 Å².